The van der Waals surface area contributed by atoms with Crippen molar-refractivity contribution in [2.24, 2.45) is 0 Å². The highest BCUT2D eigenvalue weighted by atomic mass is 16.3. The van der Waals surface area contributed by atoms with Crippen LogP contribution in [-0.2, 0) is 6.54 Å². The molecule has 5 N–H and O–H groups in total. The summed E-state index contributed by atoms with van der Waals surface area (Å²) in [6, 6.07) is 8.51. The van der Waals surface area contributed by atoms with E-state index in [0.717, 1.165) is 67.0 Å². The summed E-state index contributed by atoms with van der Waals surface area (Å²) in [5.74, 6) is 2.52. The zero-order valence-corrected chi connectivity index (χ0v) is 17.9. The van der Waals surface area contributed by atoms with Gasteiger partial charge in [0.1, 0.15) is 5.69 Å². The number of anilines is 5. The number of rotatable bonds is 7. The molecular weight excluding hydrogens is 378 g/mol. The second kappa shape index (κ2) is 8.95. The number of nitrogen functional groups attached to an aromatic ring is 1. The van der Waals surface area contributed by atoms with Gasteiger partial charge in [0.05, 0.1) is 6.67 Å². The zero-order valence-electron chi connectivity index (χ0n) is 17.9. The number of nitrogens with two attached hydrogens (primary N) is 1. The van der Waals surface area contributed by atoms with Gasteiger partial charge in [0.15, 0.2) is 11.6 Å². The Morgan fingerprint density at radius 3 is 2.77 bits per heavy atom. The van der Waals surface area contributed by atoms with Crippen molar-refractivity contribution in [3.05, 3.63) is 29.8 Å². The maximum atomic E-state index is 9.53. The van der Waals surface area contributed by atoms with Gasteiger partial charge in [-0.05, 0) is 57.2 Å². The Bertz CT molecular complexity index is 853. The van der Waals surface area contributed by atoms with E-state index >= 15 is 0 Å². The zero-order chi connectivity index (χ0) is 21.1. The van der Waals surface area contributed by atoms with Crippen molar-refractivity contribution in [1.29, 1.82) is 0 Å². The summed E-state index contributed by atoms with van der Waals surface area (Å²) in [7, 11) is 0. The van der Waals surface area contributed by atoms with Gasteiger partial charge in [-0.3, -0.25) is 0 Å². The third-order valence-electron chi connectivity index (χ3n) is 5.99. The predicted molar refractivity (Wildman–Crippen MR) is 123 cm³/mol. The molecule has 1 aromatic carbocycles. The molecule has 1 aromatic heterocycles. The fourth-order valence-electron chi connectivity index (χ4n) is 4.26. The van der Waals surface area contributed by atoms with E-state index in [1.807, 2.05) is 24.3 Å². The van der Waals surface area contributed by atoms with Crippen LogP contribution in [0.1, 0.15) is 45.1 Å². The lowest BCUT2D eigenvalue weighted by molar-refractivity contribution is 0.262. The van der Waals surface area contributed by atoms with Gasteiger partial charge in [0.2, 0.25) is 5.95 Å². The number of hydrogen-bond acceptors (Lipinski definition) is 8. The molecule has 0 spiro atoms. The van der Waals surface area contributed by atoms with Gasteiger partial charge < -0.3 is 31.3 Å². The molecule has 0 amide bonds. The minimum absolute atomic E-state index is 0.189. The lowest BCUT2D eigenvalue weighted by Gasteiger charge is -2.36. The number of piperidine rings is 1. The second-order valence-electron chi connectivity index (χ2n) is 8.42. The molecule has 2 aliphatic rings. The third-order valence-corrected chi connectivity index (χ3v) is 5.99. The summed E-state index contributed by atoms with van der Waals surface area (Å²) in [4.78, 5) is 14.5. The van der Waals surface area contributed by atoms with Crippen molar-refractivity contribution in [1.82, 2.24) is 9.97 Å². The van der Waals surface area contributed by atoms with Gasteiger partial charge in [-0.25, -0.2) is 0 Å². The van der Waals surface area contributed by atoms with Gasteiger partial charge in [-0.2, -0.15) is 9.97 Å². The normalized spacial score (nSPS) is 18.5. The van der Waals surface area contributed by atoms with E-state index in [1.165, 1.54) is 6.42 Å². The van der Waals surface area contributed by atoms with Crippen molar-refractivity contribution in [2.75, 3.05) is 46.0 Å². The van der Waals surface area contributed by atoms with Crippen LogP contribution in [0.25, 0.3) is 0 Å². The Labute approximate surface area is 178 Å². The van der Waals surface area contributed by atoms with Crippen LogP contribution >= 0.6 is 0 Å². The van der Waals surface area contributed by atoms with Crippen LogP contribution in [0, 0.1) is 0 Å². The Kier molecular flexibility index (Phi) is 6.13. The van der Waals surface area contributed by atoms with E-state index in [9.17, 15) is 5.11 Å². The number of aliphatic hydroxyl groups excluding tert-OH is 1. The van der Waals surface area contributed by atoms with Crippen molar-refractivity contribution in [2.45, 2.75) is 58.2 Å². The van der Waals surface area contributed by atoms with E-state index in [2.05, 4.69) is 34.3 Å². The van der Waals surface area contributed by atoms with Crippen LogP contribution in [0.3, 0.4) is 0 Å². The number of fused-ring (bicyclic) bond motifs is 1. The highest BCUT2D eigenvalue weighted by molar-refractivity contribution is 5.83. The SMILES string of the molecule is CC(C)N1CNc2c(NCc3ccc(N)cc3)nc(N3CCCCC3CCO)nc21. The molecule has 0 radical (unpaired) electrons. The first-order chi connectivity index (χ1) is 14.6. The predicted octanol–water partition coefficient (Wildman–Crippen LogP) is 3.01. The van der Waals surface area contributed by atoms with Crippen LogP contribution in [-0.4, -0.2) is 47.0 Å². The molecule has 2 aromatic rings. The van der Waals surface area contributed by atoms with Gasteiger partial charge in [-0.15, -0.1) is 0 Å². The van der Waals surface area contributed by atoms with E-state index in [0.29, 0.717) is 12.6 Å². The third kappa shape index (κ3) is 4.23. The summed E-state index contributed by atoms with van der Waals surface area (Å²) >= 11 is 0. The molecule has 3 heterocycles. The van der Waals surface area contributed by atoms with E-state index in [-0.39, 0.29) is 12.6 Å². The molecule has 1 unspecified atom stereocenters. The molecule has 4 rings (SSSR count). The minimum atomic E-state index is 0.189. The molecule has 162 valence electrons. The van der Waals surface area contributed by atoms with E-state index in [1.54, 1.807) is 0 Å². The van der Waals surface area contributed by atoms with Crippen LogP contribution in [0.4, 0.5) is 29.0 Å². The highest BCUT2D eigenvalue weighted by Crippen LogP contribution is 2.39. The van der Waals surface area contributed by atoms with Gasteiger partial charge >= 0.3 is 0 Å². The quantitative estimate of drug-likeness (QED) is 0.516. The maximum Gasteiger partial charge on any atom is 0.229 e. The number of hydrogen-bond donors (Lipinski definition) is 4. The largest absolute Gasteiger partial charge is 0.399 e. The van der Waals surface area contributed by atoms with Crippen molar-refractivity contribution < 1.29 is 5.11 Å². The first kappa shape index (κ1) is 20.5. The Balaban J connectivity index is 1.66. The van der Waals surface area contributed by atoms with Crippen LogP contribution < -0.4 is 26.2 Å². The average molecular weight is 412 g/mol. The molecule has 8 nitrogen and oxygen atoms in total. The second-order valence-corrected chi connectivity index (χ2v) is 8.42. The lowest BCUT2D eigenvalue weighted by Crippen LogP contribution is -2.41. The number of aromatic nitrogens is 2. The molecule has 30 heavy (non-hydrogen) atoms. The van der Waals surface area contributed by atoms with Crippen LogP contribution in [0.2, 0.25) is 0 Å². The highest BCUT2D eigenvalue weighted by Gasteiger charge is 2.31. The fraction of sp³-hybridized carbons (Fsp3) is 0.545. The summed E-state index contributed by atoms with van der Waals surface area (Å²) in [6.07, 6.45) is 4.14. The van der Waals surface area contributed by atoms with Crippen molar-refractivity contribution in [3.8, 4) is 0 Å². The Morgan fingerprint density at radius 2 is 2.03 bits per heavy atom. The molecule has 0 saturated carbocycles. The minimum Gasteiger partial charge on any atom is -0.399 e. The van der Waals surface area contributed by atoms with Crippen LogP contribution in [0.5, 0.6) is 0 Å². The summed E-state index contributed by atoms with van der Waals surface area (Å²) in [5, 5.41) is 16.5. The van der Waals surface area contributed by atoms with Gasteiger partial charge in [-0.1, -0.05) is 12.1 Å². The summed E-state index contributed by atoms with van der Waals surface area (Å²) in [5.41, 5.74) is 8.68. The molecule has 0 bridgehead atoms. The van der Waals surface area contributed by atoms with Crippen molar-refractivity contribution >= 4 is 29.0 Å². The Morgan fingerprint density at radius 1 is 1.23 bits per heavy atom. The number of nitrogens with zero attached hydrogens (tertiary/aromatic N) is 4. The standard InChI is InChI=1S/C22H33N7O/c1-15(2)29-14-25-19-20(24-13-16-6-8-17(23)9-7-16)26-22(27-21(19)29)28-11-4-3-5-18(28)10-12-30/h6-9,15,18,25,30H,3-5,10-14,23H2,1-2H3,(H,24,26,27). The molecule has 1 saturated heterocycles. The van der Waals surface area contributed by atoms with Crippen molar-refractivity contribution in [3.63, 3.8) is 0 Å². The molecule has 2 aliphatic heterocycles. The van der Waals surface area contributed by atoms with E-state index < -0.39 is 0 Å². The number of aliphatic hydroxyl groups is 1. The molecule has 0 aliphatic carbocycles. The summed E-state index contributed by atoms with van der Waals surface area (Å²) in [6.45, 7) is 6.85. The number of nitrogens with one attached hydrogen (secondary N) is 2. The summed E-state index contributed by atoms with van der Waals surface area (Å²) < 4.78 is 0. The molecule has 8 heteroatoms. The fourth-order valence-corrected chi connectivity index (χ4v) is 4.26. The monoisotopic (exact) mass is 411 g/mol. The maximum absolute atomic E-state index is 9.53. The first-order valence-corrected chi connectivity index (χ1v) is 10.9. The molecule has 1 fully saturated rings. The topological polar surface area (TPSA) is 103 Å². The Hall–Kier alpha value is -2.74. The van der Waals surface area contributed by atoms with Crippen LogP contribution in [0.15, 0.2) is 24.3 Å². The molecule has 1 atom stereocenters. The lowest BCUT2D eigenvalue weighted by atomic mass is 10.0. The number of benzene rings is 1. The smallest absolute Gasteiger partial charge is 0.229 e. The van der Waals surface area contributed by atoms with E-state index in [4.69, 9.17) is 15.7 Å². The first-order valence-electron chi connectivity index (χ1n) is 10.9. The van der Waals surface area contributed by atoms with Gasteiger partial charge in [0.25, 0.3) is 0 Å². The van der Waals surface area contributed by atoms with Gasteiger partial charge in [0, 0.05) is 37.5 Å². The molecular formula is C22H33N7O. The average Bonchev–Trinajstić information content (AvgIpc) is 3.18.